The zero-order chi connectivity index (χ0) is 19.1. The summed E-state index contributed by atoms with van der Waals surface area (Å²) in [7, 11) is 0. The van der Waals surface area contributed by atoms with Gasteiger partial charge in [-0.1, -0.05) is 6.07 Å². The van der Waals surface area contributed by atoms with Gasteiger partial charge in [0.1, 0.15) is 17.5 Å². The molecule has 0 radical (unpaired) electrons. The van der Waals surface area contributed by atoms with Gasteiger partial charge in [0.25, 0.3) is 12.2 Å². The van der Waals surface area contributed by atoms with Crippen LogP contribution in [0, 0.1) is 11.6 Å². The molecule has 10 heteroatoms. The SMILES string of the molecule is Fc1ccc2c(c1)c(NCC(F)F)nc1nnc(-c3cccc(Br)c3F)n12. The number of rotatable bonds is 4. The smallest absolute Gasteiger partial charge is 0.257 e. The second kappa shape index (κ2) is 6.76. The summed E-state index contributed by atoms with van der Waals surface area (Å²) >= 11 is 3.12. The molecule has 0 aliphatic heterocycles. The maximum Gasteiger partial charge on any atom is 0.257 e. The van der Waals surface area contributed by atoms with Crippen molar-refractivity contribution in [1.29, 1.82) is 0 Å². The number of aromatic nitrogens is 4. The van der Waals surface area contributed by atoms with Crippen LogP contribution in [0.15, 0.2) is 40.9 Å². The molecule has 0 fully saturated rings. The molecule has 0 aliphatic rings. The van der Waals surface area contributed by atoms with E-state index in [0.717, 1.165) is 6.07 Å². The molecule has 27 heavy (non-hydrogen) atoms. The number of alkyl halides is 2. The van der Waals surface area contributed by atoms with Gasteiger partial charge in [0, 0.05) is 5.39 Å². The number of hydrogen-bond acceptors (Lipinski definition) is 4. The van der Waals surface area contributed by atoms with Gasteiger partial charge >= 0.3 is 0 Å². The first kappa shape index (κ1) is 17.7. The van der Waals surface area contributed by atoms with Gasteiger partial charge in [0.15, 0.2) is 5.82 Å². The van der Waals surface area contributed by atoms with Gasteiger partial charge in [0.2, 0.25) is 0 Å². The molecule has 0 saturated carbocycles. The Labute approximate surface area is 158 Å². The summed E-state index contributed by atoms with van der Waals surface area (Å²) in [6.07, 6.45) is -2.61. The molecule has 0 aliphatic carbocycles. The van der Waals surface area contributed by atoms with E-state index in [9.17, 15) is 17.6 Å². The maximum atomic E-state index is 14.5. The Kier molecular flexibility index (Phi) is 4.42. The zero-order valence-electron chi connectivity index (χ0n) is 13.4. The zero-order valence-corrected chi connectivity index (χ0v) is 15.0. The predicted octanol–water partition coefficient (Wildman–Crippen LogP) is 4.66. The second-order valence-corrected chi connectivity index (χ2v) is 6.51. The van der Waals surface area contributed by atoms with Crippen molar-refractivity contribution in [2.24, 2.45) is 0 Å². The van der Waals surface area contributed by atoms with Gasteiger partial charge < -0.3 is 5.32 Å². The first-order valence-electron chi connectivity index (χ1n) is 7.76. The van der Waals surface area contributed by atoms with Crippen molar-refractivity contribution in [3.05, 3.63) is 52.5 Å². The molecule has 4 aromatic rings. The highest BCUT2D eigenvalue weighted by atomic mass is 79.9. The number of nitrogens with one attached hydrogen (secondary N) is 1. The van der Waals surface area contributed by atoms with Gasteiger partial charge in [-0.3, -0.25) is 4.40 Å². The summed E-state index contributed by atoms with van der Waals surface area (Å²) in [6, 6.07) is 8.51. The van der Waals surface area contributed by atoms with Crippen LogP contribution in [0.5, 0.6) is 0 Å². The number of anilines is 1. The van der Waals surface area contributed by atoms with Crippen LogP contribution in [0.3, 0.4) is 0 Å². The van der Waals surface area contributed by atoms with E-state index in [-0.39, 0.29) is 32.8 Å². The molecule has 2 aromatic heterocycles. The lowest BCUT2D eigenvalue weighted by Crippen LogP contribution is -2.12. The van der Waals surface area contributed by atoms with Crippen molar-refractivity contribution >= 4 is 38.4 Å². The van der Waals surface area contributed by atoms with Crippen LogP contribution < -0.4 is 5.32 Å². The van der Waals surface area contributed by atoms with Crippen molar-refractivity contribution in [2.75, 3.05) is 11.9 Å². The van der Waals surface area contributed by atoms with E-state index < -0.39 is 24.6 Å². The number of hydrogen-bond donors (Lipinski definition) is 1. The molecule has 4 rings (SSSR count). The minimum Gasteiger partial charge on any atom is -0.364 e. The highest BCUT2D eigenvalue weighted by Crippen LogP contribution is 2.31. The fourth-order valence-electron chi connectivity index (χ4n) is 2.78. The predicted molar refractivity (Wildman–Crippen MR) is 95.8 cm³/mol. The number of fused-ring (bicyclic) bond motifs is 3. The average molecular weight is 440 g/mol. The van der Waals surface area contributed by atoms with Crippen LogP contribution in [0.4, 0.5) is 23.4 Å². The Bertz CT molecular complexity index is 1160. The Balaban J connectivity index is 2.01. The van der Waals surface area contributed by atoms with Gasteiger partial charge in [-0.25, -0.2) is 17.6 Å². The summed E-state index contributed by atoms with van der Waals surface area (Å²) in [4.78, 5) is 4.16. The average Bonchev–Trinajstić information content (AvgIpc) is 3.05. The normalized spacial score (nSPS) is 11.6. The Hall–Kier alpha value is -2.75. The van der Waals surface area contributed by atoms with Crippen molar-refractivity contribution in [3.8, 4) is 11.4 Å². The third-order valence-corrected chi connectivity index (χ3v) is 4.54. The van der Waals surface area contributed by atoms with Crippen LogP contribution in [0.1, 0.15) is 0 Å². The van der Waals surface area contributed by atoms with E-state index in [1.54, 1.807) is 12.1 Å². The molecule has 0 bridgehead atoms. The van der Waals surface area contributed by atoms with Gasteiger partial charge in [-0.05, 0) is 46.3 Å². The number of benzene rings is 2. The first-order chi connectivity index (χ1) is 13.0. The second-order valence-electron chi connectivity index (χ2n) is 5.65. The lowest BCUT2D eigenvalue weighted by Gasteiger charge is -2.11. The van der Waals surface area contributed by atoms with E-state index in [1.165, 1.54) is 22.6 Å². The number of halogens is 5. The lowest BCUT2D eigenvalue weighted by atomic mass is 10.2. The van der Waals surface area contributed by atoms with Crippen LogP contribution in [-0.4, -0.2) is 32.6 Å². The van der Waals surface area contributed by atoms with Crippen molar-refractivity contribution in [2.45, 2.75) is 6.43 Å². The third kappa shape index (κ3) is 3.09. The molecule has 5 nitrogen and oxygen atoms in total. The maximum absolute atomic E-state index is 14.5. The van der Waals surface area contributed by atoms with Crippen LogP contribution in [0.2, 0.25) is 0 Å². The Morgan fingerprint density at radius 3 is 2.70 bits per heavy atom. The summed E-state index contributed by atoms with van der Waals surface area (Å²) in [5, 5.41) is 10.7. The summed E-state index contributed by atoms with van der Waals surface area (Å²) in [6.45, 7) is -0.657. The largest absolute Gasteiger partial charge is 0.364 e. The number of nitrogens with zero attached hydrogens (tertiary/aromatic N) is 4. The molecule has 138 valence electrons. The topological polar surface area (TPSA) is 55.1 Å². The molecule has 2 heterocycles. The Morgan fingerprint density at radius 2 is 1.93 bits per heavy atom. The molecule has 0 atom stereocenters. The van der Waals surface area contributed by atoms with E-state index in [1.807, 2.05) is 0 Å². The van der Waals surface area contributed by atoms with E-state index in [2.05, 4.69) is 36.4 Å². The molecule has 0 spiro atoms. The fourth-order valence-corrected chi connectivity index (χ4v) is 3.15. The lowest BCUT2D eigenvalue weighted by molar-refractivity contribution is 0.163. The summed E-state index contributed by atoms with van der Waals surface area (Å²) in [5.74, 6) is -0.825. The molecular formula is C17H10BrF4N5. The molecular weight excluding hydrogens is 430 g/mol. The van der Waals surface area contributed by atoms with E-state index in [4.69, 9.17) is 0 Å². The molecule has 1 N–H and O–H groups in total. The van der Waals surface area contributed by atoms with Gasteiger partial charge in [0.05, 0.1) is 22.1 Å². The van der Waals surface area contributed by atoms with Crippen LogP contribution >= 0.6 is 15.9 Å². The van der Waals surface area contributed by atoms with Crippen molar-refractivity contribution in [1.82, 2.24) is 19.6 Å². The van der Waals surface area contributed by atoms with Crippen LogP contribution in [-0.2, 0) is 0 Å². The quantitative estimate of drug-likeness (QED) is 0.469. The van der Waals surface area contributed by atoms with Crippen molar-refractivity contribution < 1.29 is 17.6 Å². The molecule has 0 saturated heterocycles. The minimum absolute atomic E-state index is 0.0472. The van der Waals surface area contributed by atoms with Gasteiger partial charge in [-0.2, -0.15) is 4.98 Å². The Morgan fingerprint density at radius 1 is 1.11 bits per heavy atom. The molecule has 0 amide bonds. The third-order valence-electron chi connectivity index (χ3n) is 3.93. The first-order valence-corrected chi connectivity index (χ1v) is 8.56. The summed E-state index contributed by atoms with van der Waals surface area (Å²) in [5.41, 5.74) is 0.565. The minimum atomic E-state index is -2.61. The summed E-state index contributed by atoms with van der Waals surface area (Å²) < 4.78 is 55.2. The highest BCUT2D eigenvalue weighted by molar-refractivity contribution is 9.10. The monoisotopic (exact) mass is 439 g/mol. The standard InChI is InChI=1S/C17H10BrF4N5/c18-11-3-1-2-9(14(11)22)16-25-26-17-24-15(23-7-13(20)21)10-6-8(19)4-5-12(10)27(16)17/h1-6,13H,7H2,(H,23,24,26). The van der Waals surface area contributed by atoms with Crippen LogP contribution in [0.25, 0.3) is 28.1 Å². The molecule has 0 unspecified atom stereocenters. The van der Waals surface area contributed by atoms with E-state index >= 15 is 0 Å². The van der Waals surface area contributed by atoms with E-state index in [0.29, 0.717) is 5.52 Å². The van der Waals surface area contributed by atoms with Crippen molar-refractivity contribution in [3.63, 3.8) is 0 Å². The highest BCUT2D eigenvalue weighted by Gasteiger charge is 2.19. The fraction of sp³-hybridized carbons (Fsp3) is 0.118. The van der Waals surface area contributed by atoms with Gasteiger partial charge in [-0.15, -0.1) is 10.2 Å². The molecule has 2 aromatic carbocycles.